The highest BCUT2D eigenvalue weighted by molar-refractivity contribution is 5.81. The predicted octanol–water partition coefficient (Wildman–Crippen LogP) is 0.0137. The van der Waals surface area contributed by atoms with E-state index in [1.54, 1.807) is 18.1 Å². The molecule has 1 unspecified atom stereocenters. The molecule has 1 atom stereocenters. The zero-order chi connectivity index (χ0) is 12.0. The summed E-state index contributed by atoms with van der Waals surface area (Å²) >= 11 is 0. The Labute approximate surface area is 95.2 Å². The third-order valence-corrected chi connectivity index (χ3v) is 2.16. The summed E-state index contributed by atoms with van der Waals surface area (Å²) in [6, 6.07) is 4.97. The third-order valence-electron chi connectivity index (χ3n) is 2.16. The van der Waals surface area contributed by atoms with E-state index < -0.39 is 6.04 Å². The van der Waals surface area contributed by atoms with E-state index in [0.29, 0.717) is 6.54 Å². The fraction of sp³-hybridized carbons (Fsp3) is 0.455. The molecule has 1 amide bonds. The van der Waals surface area contributed by atoms with Gasteiger partial charge in [0, 0.05) is 20.4 Å². The van der Waals surface area contributed by atoms with Crippen LogP contribution in [0.15, 0.2) is 24.4 Å². The number of likely N-dealkylation sites (N-methyl/N-ethyl adjacent to an activating group) is 1. The first-order valence-electron chi connectivity index (χ1n) is 5.04. The number of methoxy groups -OCH3 is 1. The molecule has 88 valence electrons. The van der Waals surface area contributed by atoms with E-state index in [1.165, 1.54) is 7.11 Å². The van der Waals surface area contributed by atoms with Crippen molar-refractivity contribution in [3.63, 3.8) is 0 Å². The van der Waals surface area contributed by atoms with Gasteiger partial charge in [0.15, 0.2) is 0 Å². The number of ether oxygens (including phenoxy) is 1. The molecule has 0 spiro atoms. The lowest BCUT2D eigenvalue weighted by atomic mass is 10.2. The van der Waals surface area contributed by atoms with Gasteiger partial charge in [-0.25, -0.2) is 0 Å². The van der Waals surface area contributed by atoms with Crippen LogP contribution in [0.25, 0.3) is 0 Å². The summed E-state index contributed by atoms with van der Waals surface area (Å²) in [6.07, 6.45) is 1.70. The molecule has 1 aromatic heterocycles. The van der Waals surface area contributed by atoms with Crippen LogP contribution in [0.1, 0.15) is 5.69 Å². The van der Waals surface area contributed by atoms with E-state index in [9.17, 15) is 4.79 Å². The minimum Gasteiger partial charge on any atom is -0.383 e. The van der Waals surface area contributed by atoms with Gasteiger partial charge in [0.05, 0.1) is 18.8 Å². The highest BCUT2D eigenvalue weighted by atomic mass is 16.5. The van der Waals surface area contributed by atoms with Crippen LogP contribution in [0.5, 0.6) is 0 Å². The van der Waals surface area contributed by atoms with Crippen LogP contribution in [0, 0.1) is 0 Å². The van der Waals surface area contributed by atoms with Gasteiger partial charge < -0.3 is 15.4 Å². The van der Waals surface area contributed by atoms with Gasteiger partial charge in [0.25, 0.3) is 0 Å². The molecule has 16 heavy (non-hydrogen) atoms. The lowest BCUT2D eigenvalue weighted by Gasteiger charge is -2.20. The molecule has 0 saturated heterocycles. The molecule has 0 radical (unpaired) electrons. The molecule has 1 heterocycles. The summed E-state index contributed by atoms with van der Waals surface area (Å²) in [5.74, 6) is -0.146. The van der Waals surface area contributed by atoms with E-state index in [-0.39, 0.29) is 12.5 Å². The van der Waals surface area contributed by atoms with Crippen molar-refractivity contribution in [2.24, 2.45) is 5.73 Å². The van der Waals surface area contributed by atoms with Gasteiger partial charge in [-0.1, -0.05) is 6.07 Å². The second kappa shape index (κ2) is 6.19. The van der Waals surface area contributed by atoms with Crippen molar-refractivity contribution in [3.8, 4) is 0 Å². The van der Waals surface area contributed by atoms with Crippen molar-refractivity contribution in [1.29, 1.82) is 0 Å². The largest absolute Gasteiger partial charge is 0.383 e. The highest BCUT2D eigenvalue weighted by Gasteiger charge is 2.17. The molecule has 1 rings (SSSR count). The fourth-order valence-electron chi connectivity index (χ4n) is 1.35. The van der Waals surface area contributed by atoms with Crippen molar-refractivity contribution in [3.05, 3.63) is 30.1 Å². The molecule has 0 aliphatic rings. The van der Waals surface area contributed by atoms with Crippen molar-refractivity contribution >= 4 is 5.91 Å². The van der Waals surface area contributed by atoms with Crippen molar-refractivity contribution in [1.82, 2.24) is 9.88 Å². The van der Waals surface area contributed by atoms with Crippen LogP contribution in [0.2, 0.25) is 0 Å². The molecule has 0 aliphatic heterocycles. The van der Waals surface area contributed by atoms with Gasteiger partial charge >= 0.3 is 0 Å². The van der Waals surface area contributed by atoms with Crippen LogP contribution in [0.4, 0.5) is 0 Å². The third kappa shape index (κ3) is 3.60. The molecule has 5 heteroatoms. The minimum absolute atomic E-state index is 0.146. The smallest absolute Gasteiger partial charge is 0.241 e. The maximum Gasteiger partial charge on any atom is 0.241 e. The fourth-order valence-corrected chi connectivity index (χ4v) is 1.35. The average Bonchev–Trinajstić information content (AvgIpc) is 2.29. The number of nitrogens with zero attached hydrogens (tertiary/aromatic N) is 2. The van der Waals surface area contributed by atoms with Crippen LogP contribution in [-0.4, -0.2) is 42.6 Å². The quantitative estimate of drug-likeness (QED) is 0.763. The molecule has 0 aromatic carbocycles. The number of hydrogen-bond donors (Lipinski definition) is 1. The van der Waals surface area contributed by atoms with Gasteiger partial charge in [-0.15, -0.1) is 0 Å². The highest BCUT2D eigenvalue weighted by Crippen LogP contribution is 2.00. The van der Waals surface area contributed by atoms with E-state index in [4.69, 9.17) is 10.5 Å². The normalized spacial score (nSPS) is 12.2. The average molecular weight is 223 g/mol. The number of pyridine rings is 1. The van der Waals surface area contributed by atoms with Crippen LogP contribution < -0.4 is 5.73 Å². The summed E-state index contributed by atoms with van der Waals surface area (Å²) in [4.78, 5) is 17.4. The molecular formula is C11H17N3O2. The molecule has 0 fully saturated rings. The Morgan fingerprint density at radius 2 is 2.38 bits per heavy atom. The van der Waals surface area contributed by atoms with Crippen molar-refractivity contribution in [2.45, 2.75) is 12.6 Å². The van der Waals surface area contributed by atoms with E-state index in [0.717, 1.165) is 5.69 Å². The summed E-state index contributed by atoms with van der Waals surface area (Å²) in [7, 11) is 3.22. The number of rotatable bonds is 5. The van der Waals surface area contributed by atoms with Gasteiger partial charge in [0.1, 0.15) is 6.04 Å². The monoisotopic (exact) mass is 223 g/mol. The lowest BCUT2D eigenvalue weighted by Crippen LogP contribution is -2.44. The first kappa shape index (κ1) is 12.6. The maximum atomic E-state index is 11.7. The van der Waals surface area contributed by atoms with Crippen molar-refractivity contribution in [2.75, 3.05) is 20.8 Å². The summed E-state index contributed by atoms with van der Waals surface area (Å²) in [5.41, 5.74) is 6.48. The standard InChI is InChI=1S/C11H17N3O2/c1-14(11(15)10(12)8-16-2)7-9-5-3-4-6-13-9/h3-6,10H,7-8,12H2,1-2H3. The first-order valence-corrected chi connectivity index (χ1v) is 5.04. The molecule has 1 aromatic rings. The molecule has 0 saturated carbocycles. The Bertz CT molecular complexity index is 329. The zero-order valence-corrected chi connectivity index (χ0v) is 9.59. The van der Waals surface area contributed by atoms with Crippen LogP contribution >= 0.6 is 0 Å². The van der Waals surface area contributed by atoms with Gasteiger partial charge in [-0.2, -0.15) is 0 Å². The van der Waals surface area contributed by atoms with Crippen molar-refractivity contribution < 1.29 is 9.53 Å². The van der Waals surface area contributed by atoms with E-state index >= 15 is 0 Å². The molecule has 0 bridgehead atoms. The number of carbonyl (C=O) groups excluding carboxylic acids is 1. The molecule has 5 nitrogen and oxygen atoms in total. The molecular weight excluding hydrogens is 206 g/mol. The Morgan fingerprint density at radius 3 is 2.94 bits per heavy atom. The van der Waals surface area contributed by atoms with E-state index in [2.05, 4.69) is 4.98 Å². The molecule has 0 aliphatic carbocycles. The second-order valence-corrected chi connectivity index (χ2v) is 3.58. The Balaban J connectivity index is 2.52. The van der Waals surface area contributed by atoms with Gasteiger partial charge in [-0.3, -0.25) is 9.78 Å². The van der Waals surface area contributed by atoms with Gasteiger partial charge in [-0.05, 0) is 12.1 Å². The Kier molecular flexibility index (Phi) is 4.88. The number of carbonyl (C=O) groups is 1. The number of amides is 1. The number of hydrogen-bond acceptors (Lipinski definition) is 4. The lowest BCUT2D eigenvalue weighted by molar-refractivity contribution is -0.133. The zero-order valence-electron chi connectivity index (χ0n) is 9.59. The van der Waals surface area contributed by atoms with E-state index in [1.807, 2.05) is 18.2 Å². The minimum atomic E-state index is -0.612. The first-order chi connectivity index (χ1) is 7.65. The summed E-state index contributed by atoms with van der Waals surface area (Å²) in [5, 5.41) is 0. The molecule has 2 N–H and O–H groups in total. The number of nitrogens with two attached hydrogens (primary N) is 1. The Hall–Kier alpha value is -1.46. The Morgan fingerprint density at radius 1 is 1.62 bits per heavy atom. The SMILES string of the molecule is COCC(N)C(=O)N(C)Cc1ccccn1. The topological polar surface area (TPSA) is 68.5 Å². The summed E-state index contributed by atoms with van der Waals surface area (Å²) < 4.78 is 4.84. The van der Waals surface area contributed by atoms with Gasteiger partial charge in [0.2, 0.25) is 5.91 Å². The van der Waals surface area contributed by atoms with Crippen LogP contribution in [0.3, 0.4) is 0 Å². The maximum absolute atomic E-state index is 11.7. The second-order valence-electron chi connectivity index (χ2n) is 3.58. The predicted molar refractivity (Wildman–Crippen MR) is 60.6 cm³/mol. The van der Waals surface area contributed by atoms with Crippen LogP contribution in [-0.2, 0) is 16.1 Å². The number of aromatic nitrogens is 1. The summed E-state index contributed by atoms with van der Waals surface area (Å²) in [6.45, 7) is 0.683.